The zero-order valence-electron chi connectivity index (χ0n) is 20.3. The third-order valence-electron chi connectivity index (χ3n) is 7.44. The molecule has 3 N–H and O–H groups in total. The van der Waals surface area contributed by atoms with Gasteiger partial charge in [0.2, 0.25) is 5.91 Å². The average molecular weight is 481 g/mol. The van der Waals surface area contributed by atoms with E-state index in [0.717, 1.165) is 22.3 Å². The van der Waals surface area contributed by atoms with E-state index in [1.54, 1.807) is 0 Å². The van der Waals surface area contributed by atoms with Gasteiger partial charge in [0.25, 0.3) is 0 Å². The number of ether oxygens (including phenoxy) is 2. The fourth-order valence-electron chi connectivity index (χ4n) is 5.31. The highest BCUT2D eigenvalue weighted by atomic mass is 16.5. The molecule has 8 heteroatoms. The fourth-order valence-corrected chi connectivity index (χ4v) is 5.31. The Balaban J connectivity index is 1.48. The lowest BCUT2D eigenvalue weighted by atomic mass is 9.53. The van der Waals surface area contributed by atoms with Crippen LogP contribution in [-0.4, -0.2) is 54.5 Å². The molecule has 0 bridgehead atoms. The Morgan fingerprint density at radius 2 is 1.63 bits per heavy atom. The van der Waals surface area contributed by atoms with Gasteiger partial charge in [-0.15, -0.1) is 0 Å². The first-order valence-electron chi connectivity index (χ1n) is 12.0. The number of hydrogen-bond donors (Lipinski definition) is 3. The number of carbonyl (C=O) groups excluding carboxylic acids is 2. The quantitative estimate of drug-likeness (QED) is 0.504. The predicted octanol–water partition coefficient (Wildman–Crippen LogP) is 3.69. The Morgan fingerprint density at radius 1 is 1.03 bits per heavy atom. The summed E-state index contributed by atoms with van der Waals surface area (Å²) in [4.78, 5) is 37.1. The van der Waals surface area contributed by atoms with Crippen molar-refractivity contribution in [2.75, 3.05) is 19.8 Å². The van der Waals surface area contributed by atoms with Crippen molar-refractivity contribution in [2.45, 2.75) is 51.2 Å². The number of rotatable bonds is 9. The molecular formula is C27H32N2O6. The summed E-state index contributed by atoms with van der Waals surface area (Å²) in [5, 5.41) is 14.4. The lowest BCUT2D eigenvalue weighted by Gasteiger charge is -2.59. The minimum atomic E-state index is -1.27. The van der Waals surface area contributed by atoms with Crippen molar-refractivity contribution < 1.29 is 29.0 Å². The van der Waals surface area contributed by atoms with E-state index in [0.29, 0.717) is 6.61 Å². The monoisotopic (exact) mass is 480 g/mol. The van der Waals surface area contributed by atoms with Gasteiger partial charge in [-0.3, -0.25) is 9.59 Å². The molecule has 0 aromatic heterocycles. The molecule has 0 radical (unpaired) electrons. The summed E-state index contributed by atoms with van der Waals surface area (Å²) in [6.07, 6.45) is -0.853. The van der Waals surface area contributed by atoms with Crippen molar-refractivity contribution in [3.63, 3.8) is 0 Å². The van der Waals surface area contributed by atoms with Crippen LogP contribution in [0, 0.1) is 5.41 Å². The van der Waals surface area contributed by atoms with E-state index in [1.807, 2.05) is 57.2 Å². The van der Waals surface area contributed by atoms with Crippen LogP contribution in [0.5, 0.6) is 0 Å². The van der Waals surface area contributed by atoms with Gasteiger partial charge in [0.05, 0.1) is 12.5 Å². The minimum absolute atomic E-state index is 0.0301. The number of carbonyl (C=O) groups is 3. The zero-order valence-corrected chi connectivity index (χ0v) is 20.3. The van der Waals surface area contributed by atoms with Gasteiger partial charge >= 0.3 is 12.1 Å². The maximum atomic E-state index is 13.2. The van der Waals surface area contributed by atoms with E-state index >= 15 is 0 Å². The molecule has 2 aliphatic rings. The maximum absolute atomic E-state index is 13.2. The number of benzene rings is 2. The van der Waals surface area contributed by atoms with Crippen LogP contribution in [0.15, 0.2) is 48.5 Å². The smallest absolute Gasteiger partial charge is 0.408 e. The molecular weight excluding hydrogens is 448 g/mol. The van der Waals surface area contributed by atoms with Gasteiger partial charge in [-0.25, -0.2) is 4.79 Å². The number of alkyl carbamates (subject to hydrolysis) is 1. The number of nitrogens with one attached hydrogen (secondary N) is 2. The molecule has 2 atom stereocenters. The predicted molar refractivity (Wildman–Crippen MR) is 130 cm³/mol. The number of aliphatic carboxylic acids is 1. The van der Waals surface area contributed by atoms with Crippen LogP contribution in [0.1, 0.15) is 50.7 Å². The molecule has 0 spiro atoms. The van der Waals surface area contributed by atoms with E-state index < -0.39 is 28.9 Å². The highest BCUT2D eigenvalue weighted by Gasteiger charge is 2.66. The molecule has 2 aliphatic carbocycles. The Kier molecular flexibility index (Phi) is 6.85. The third kappa shape index (κ3) is 4.38. The molecule has 2 unspecified atom stereocenters. The molecule has 1 fully saturated rings. The summed E-state index contributed by atoms with van der Waals surface area (Å²) in [5.74, 6) is -1.55. The van der Waals surface area contributed by atoms with Crippen molar-refractivity contribution in [3.8, 4) is 11.1 Å². The van der Waals surface area contributed by atoms with Gasteiger partial charge in [-0.1, -0.05) is 62.4 Å². The molecule has 8 nitrogen and oxygen atoms in total. The molecule has 35 heavy (non-hydrogen) atoms. The van der Waals surface area contributed by atoms with Crippen molar-refractivity contribution in [3.05, 3.63) is 59.7 Å². The molecule has 2 aromatic carbocycles. The Hall–Kier alpha value is -3.39. The highest BCUT2D eigenvalue weighted by Crippen LogP contribution is 2.52. The second-order valence-electron chi connectivity index (χ2n) is 9.63. The Morgan fingerprint density at radius 3 is 2.17 bits per heavy atom. The van der Waals surface area contributed by atoms with E-state index in [4.69, 9.17) is 14.6 Å². The average Bonchev–Trinajstić information content (AvgIpc) is 3.15. The minimum Gasteiger partial charge on any atom is -0.481 e. The van der Waals surface area contributed by atoms with Crippen molar-refractivity contribution in [1.29, 1.82) is 0 Å². The fraction of sp³-hybridized carbons (Fsp3) is 0.444. The number of fused-ring (bicyclic) bond motifs is 3. The van der Waals surface area contributed by atoms with E-state index in [-0.39, 0.29) is 38.0 Å². The van der Waals surface area contributed by atoms with Gasteiger partial charge in [-0.2, -0.15) is 0 Å². The largest absolute Gasteiger partial charge is 0.481 e. The summed E-state index contributed by atoms with van der Waals surface area (Å²) in [5.41, 5.74) is 2.47. The summed E-state index contributed by atoms with van der Waals surface area (Å²) in [6.45, 7) is 6.18. The van der Waals surface area contributed by atoms with E-state index in [1.165, 1.54) is 0 Å². The normalized spacial score (nSPS) is 21.9. The molecule has 0 heterocycles. The molecule has 0 aliphatic heterocycles. The summed E-state index contributed by atoms with van der Waals surface area (Å²) in [7, 11) is 0. The Bertz CT molecular complexity index is 1080. The summed E-state index contributed by atoms with van der Waals surface area (Å²) < 4.78 is 11.5. The molecule has 2 amide bonds. The van der Waals surface area contributed by atoms with Crippen LogP contribution in [0.2, 0.25) is 0 Å². The third-order valence-corrected chi connectivity index (χ3v) is 7.44. The first-order chi connectivity index (χ1) is 16.7. The van der Waals surface area contributed by atoms with Gasteiger partial charge in [-0.05, 0) is 29.2 Å². The lowest BCUT2D eigenvalue weighted by Crippen LogP contribution is -2.78. The topological polar surface area (TPSA) is 114 Å². The lowest BCUT2D eigenvalue weighted by molar-refractivity contribution is -0.177. The zero-order chi connectivity index (χ0) is 25.2. The highest BCUT2D eigenvalue weighted by molar-refractivity contribution is 5.92. The summed E-state index contributed by atoms with van der Waals surface area (Å²) in [6, 6.07) is 16.1. The van der Waals surface area contributed by atoms with Gasteiger partial charge in [0, 0.05) is 30.9 Å². The number of carboxylic acids is 1. The first kappa shape index (κ1) is 24.7. The van der Waals surface area contributed by atoms with E-state index in [9.17, 15) is 14.4 Å². The molecule has 2 aromatic rings. The van der Waals surface area contributed by atoms with Gasteiger partial charge in [0.1, 0.15) is 12.1 Å². The van der Waals surface area contributed by atoms with Crippen LogP contribution < -0.4 is 10.6 Å². The number of carboxylic acid groups (broad SMARTS) is 1. The van der Waals surface area contributed by atoms with Gasteiger partial charge in [0.15, 0.2) is 0 Å². The molecule has 1 saturated carbocycles. The van der Waals surface area contributed by atoms with Crippen LogP contribution in [-0.2, 0) is 19.1 Å². The Labute approximate surface area is 205 Å². The van der Waals surface area contributed by atoms with Crippen molar-refractivity contribution in [2.24, 2.45) is 5.41 Å². The summed E-state index contributed by atoms with van der Waals surface area (Å²) >= 11 is 0. The van der Waals surface area contributed by atoms with Crippen LogP contribution in [0.3, 0.4) is 0 Å². The number of amides is 2. The van der Waals surface area contributed by atoms with Crippen LogP contribution in [0.25, 0.3) is 11.1 Å². The second kappa shape index (κ2) is 9.70. The van der Waals surface area contributed by atoms with Crippen LogP contribution >= 0.6 is 0 Å². The number of hydrogen-bond acceptors (Lipinski definition) is 5. The van der Waals surface area contributed by atoms with E-state index in [2.05, 4.69) is 22.8 Å². The molecule has 186 valence electrons. The second-order valence-corrected chi connectivity index (χ2v) is 9.63. The SMILES string of the molecule is CCOC1CC(NC(=O)OCC2c3ccccc3-c3ccccc32)(C(=O)NCCC(=O)O)C1(C)C. The van der Waals surface area contributed by atoms with Crippen LogP contribution in [0.4, 0.5) is 4.79 Å². The molecule has 4 rings (SSSR count). The maximum Gasteiger partial charge on any atom is 0.408 e. The first-order valence-corrected chi connectivity index (χ1v) is 12.0. The standard InChI is InChI=1S/C27H32N2O6/c1-4-34-22-15-27(26(22,2)3,24(32)28-14-13-23(30)31)29-25(33)35-16-21-19-11-7-5-9-17(19)18-10-6-8-12-20(18)21/h5-12,21-22H,4,13-16H2,1-3H3,(H,28,32)(H,29,33)(H,30,31). The van der Waals surface area contributed by atoms with Crippen molar-refractivity contribution >= 4 is 18.0 Å². The van der Waals surface area contributed by atoms with Crippen molar-refractivity contribution in [1.82, 2.24) is 10.6 Å². The van der Waals surface area contributed by atoms with Gasteiger partial charge < -0.3 is 25.2 Å². The molecule has 0 saturated heterocycles.